The van der Waals surface area contributed by atoms with Crippen molar-refractivity contribution in [2.45, 2.75) is 114 Å². The molecule has 0 aromatic carbocycles. The highest BCUT2D eigenvalue weighted by atomic mass is 16.4. The first-order valence-electron chi connectivity index (χ1n) is 16.8. The van der Waals surface area contributed by atoms with Crippen LogP contribution in [0.25, 0.3) is 0 Å². The number of aromatic amines is 1. The van der Waals surface area contributed by atoms with Crippen molar-refractivity contribution in [3.8, 4) is 0 Å². The number of carbonyl (C=O) groups excluding carboxylic acids is 7. The summed E-state index contributed by atoms with van der Waals surface area (Å²) in [5, 5.41) is 31.6. The summed E-state index contributed by atoms with van der Waals surface area (Å²) in [5.74, 6) is -8.13. The number of H-pyrrole nitrogens is 1. The van der Waals surface area contributed by atoms with Gasteiger partial charge in [-0.05, 0) is 45.1 Å². The van der Waals surface area contributed by atoms with Gasteiger partial charge in [0.2, 0.25) is 41.4 Å². The monoisotopic (exact) mass is 739 g/mol. The molecule has 7 amide bonds. The minimum Gasteiger partial charge on any atom is -0.481 e. The molecule has 0 aliphatic carbocycles. The Labute approximate surface area is 300 Å². The Morgan fingerprint density at radius 2 is 1.38 bits per heavy atom. The molecule has 52 heavy (non-hydrogen) atoms. The molecule has 0 aliphatic heterocycles. The molecule has 8 atom stereocenters. The summed E-state index contributed by atoms with van der Waals surface area (Å²) in [6.07, 6.45) is 1.38. The fourth-order valence-electron chi connectivity index (χ4n) is 4.83. The SMILES string of the molecule is CC[C@H](C)[C@H](NC(=O)[C@H](CCCCN)NC(=O)[C@H](Cc1cnc[nH]1)NC(=O)[C@@H](N)CCC(N)=O)C(=O)N[C@H](C(=O)N[C@@H](CC(=O)O)C(N)=O)[C@@H](C)O. The fourth-order valence-corrected chi connectivity index (χ4v) is 4.83. The highest BCUT2D eigenvalue weighted by Crippen LogP contribution is 2.12. The smallest absolute Gasteiger partial charge is 0.305 e. The number of aromatic nitrogens is 2. The number of rotatable bonds is 25. The first kappa shape index (κ1) is 44.9. The average molecular weight is 740 g/mol. The van der Waals surface area contributed by atoms with Crippen LogP contribution in [-0.4, -0.2) is 116 Å². The van der Waals surface area contributed by atoms with Crippen LogP contribution in [0.2, 0.25) is 0 Å². The number of carbonyl (C=O) groups is 8. The molecule has 0 unspecified atom stereocenters. The van der Waals surface area contributed by atoms with E-state index in [1.54, 1.807) is 13.8 Å². The predicted octanol–water partition coefficient (Wildman–Crippen LogP) is -4.52. The highest BCUT2D eigenvalue weighted by Gasteiger charge is 2.36. The molecule has 0 aliphatic rings. The number of hydrogen-bond acceptors (Lipinski definition) is 12. The van der Waals surface area contributed by atoms with E-state index in [4.69, 9.17) is 28.0 Å². The van der Waals surface area contributed by atoms with Gasteiger partial charge < -0.3 is 64.7 Å². The maximum absolute atomic E-state index is 13.8. The van der Waals surface area contributed by atoms with Gasteiger partial charge in [0.25, 0.3) is 0 Å². The van der Waals surface area contributed by atoms with Gasteiger partial charge in [0.15, 0.2) is 0 Å². The van der Waals surface area contributed by atoms with Crippen molar-refractivity contribution in [3.63, 3.8) is 0 Å². The summed E-state index contributed by atoms with van der Waals surface area (Å²) in [4.78, 5) is 107. The number of unbranched alkanes of at least 4 members (excludes halogenated alkanes) is 1. The largest absolute Gasteiger partial charge is 0.481 e. The van der Waals surface area contributed by atoms with Crippen LogP contribution in [0, 0.1) is 5.92 Å². The topological polar surface area (TPSA) is 370 Å². The zero-order chi connectivity index (χ0) is 39.5. The van der Waals surface area contributed by atoms with Crippen molar-refractivity contribution < 1.29 is 48.6 Å². The van der Waals surface area contributed by atoms with Crippen LogP contribution in [0.15, 0.2) is 12.5 Å². The molecular formula is C31H53N11O10. The molecule has 1 aromatic heterocycles. The molecule has 1 aromatic rings. The van der Waals surface area contributed by atoms with E-state index >= 15 is 0 Å². The van der Waals surface area contributed by atoms with E-state index in [1.165, 1.54) is 19.4 Å². The summed E-state index contributed by atoms with van der Waals surface area (Å²) in [5.41, 5.74) is 22.3. The van der Waals surface area contributed by atoms with Gasteiger partial charge >= 0.3 is 5.97 Å². The number of carboxylic acid groups (broad SMARTS) is 1. The third-order valence-corrected chi connectivity index (χ3v) is 8.12. The van der Waals surface area contributed by atoms with Gasteiger partial charge in [0.1, 0.15) is 30.2 Å². The lowest BCUT2D eigenvalue weighted by molar-refractivity contribution is -0.141. The van der Waals surface area contributed by atoms with E-state index in [2.05, 4.69) is 36.6 Å². The van der Waals surface area contributed by atoms with Crippen molar-refractivity contribution in [2.75, 3.05) is 6.54 Å². The van der Waals surface area contributed by atoms with Crippen LogP contribution in [0.3, 0.4) is 0 Å². The molecule has 16 N–H and O–H groups in total. The van der Waals surface area contributed by atoms with E-state index in [-0.39, 0.29) is 32.2 Å². The van der Waals surface area contributed by atoms with Gasteiger partial charge in [-0.25, -0.2) is 4.98 Å². The van der Waals surface area contributed by atoms with Gasteiger partial charge in [-0.1, -0.05) is 20.3 Å². The number of amides is 7. The number of nitrogens with zero attached hydrogens (tertiary/aromatic N) is 1. The third-order valence-electron chi connectivity index (χ3n) is 8.12. The first-order chi connectivity index (χ1) is 24.4. The molecule has 0 fully saturated rings. The number of aliphatic hydroxyl groups is 1. The number of carboxylic acids is 1. The summed E-state index contributed by atoms with van der Waals surface area (Å²) < 4.78 is 0. The standard InChI is InChI=1S/C31H53N11O10/c1-4-15(2)24(30(51)42-25(16(3)43)31(52)39-20(26(35)47)12-23(45)46)41-28(49)19(7-5-6-10-32)38-29(50)21(11-17-13-36-14-37-17)40-27(48)18(33)8-9-22(34)44/h13-16,18-21,24-25,43H,4-12,32-33H2,1-3H3,(H2,34,44)(H2,35,47)(H,36,37)(H,38,50)(H,39,52)(H,40,48)(H,41,49)(H,42,51)(H,45,46)/t15-,16+,18-,19-,20-,21-,24-,25-/m0/s1. The van der Waals surface area contributed by atoms with Crippen LogP contribution in [0.1, 0.15) is 71.4 Å². The van der Waals surface area contributed by atoms with Crippen molar-refractivity contribution in [1.82, 2.24) is 36.6 Å². The lowest BCUT2D eigenvalue weighted by Gasteiger charge is -2.30. The van der Waals surface area contributed by atoms with Crippen molar-refractivity contribution >= 4 is 47.3 Å². The second-order valence-corrected chi connectivity index (χ2v) is 12.5. The van der Waals surface area contributed by atoms with Gasteiger partial charge in [-0.2, -0.15) is 0 Å². The van der Waals surface area contributed by atoms with Gasteiger partial charge in [0.05, 0.1) is 24.9 Å². The molecule has 21 nitrogen and oxygen atoms in total. The summed E-state index contributed by atoms with van der Waals surface area (Å²) in [6, 6.07) is -8.32. The van der Waals surface area contributed by atoms with E-state index in [0.717, 1.165) is 0 Å². The lowest BCUT2D eigenvalue weighted by atomic mass is 9.96. The Hall–Kier alpha value is -5.15. The van der Waals surface area contributed by atoms with Crippen LogP contribution in [0.5, 0.6) is 0 Å². The lowest BCUT2D eigenvalue weighted by Crippen LogP contribution is -2.62. The number of primary amides is 2. The molecular weight excluding hydrogens is 686 g/mol. The van der Waals surface area contributed by atoms with Crippen LogP contribution < -0.4 is 49.5 Å². The Bertz CT molecular complexity index is 1380. The van der Waals surface area contributed by atoms with Crippen LogP contribution in [0.4, 0.5) is 0 Å². The summed E-state index contributed by atoms with van der Waals surface area (Å²) in [6.45, 7) is 4.83. The minimum absolute atomic E-state index is 0.0727. The predicted molar refractivity (Wildman–Crippen MR) is 184 cm³/mol. The number of nitrogens with one attached hydrogen (secondary N) is 6. The van der Waals surface area contributed by atoms with Gasteiger partial charge in [0, 0.05) is 24.7 Å². The molecule has 0 saturated heterocycles. The second kappa shape index (κ2) is 22.6. The van der Waals surface area contributed by atoms with E-state index in [9.17, 15) is 43.5 Å². The van der Waals surface area contributed by atoms with E-state index in [1.807, 2.05) is 0 Å². The Morgan fingerprint density at radius 3 is 1.90 bits per heavy atom. The Balaban J connectivity index is 3.28. The Kier molecular flexibility index (Phi) is 19.5. The Morgan fingerprint density at radius 1 is 0.808 bits per heavy atom. The molecule has 0 bridgehead atoms. The zero-order valence-electron chi connectivity index (χ0n) is 29.6. The molecule has 21 heteroatoms. The molecule has 0 saturated carbocycles. The average Bonchev–Trinajstić information content (AvgIpc) is 3.59. The van der Waals surface area contributed by atoms with Crippen LogP contribution in [-0.2, 0) is 44.8 Å². The second-order valence-electron chi connectivity index (χ2n) is 12.5. The molecule has 292 valence electrons. The molecule has 1 heterocycles. The molecule has 0 radical (unpaired) electrons. The number of aliphatic hydroxyl groups excluding tert-OH is 1. The first-order valence-corrected chi connectivity index (χ1v) is 16.8. The van der Waals surface area contributed by atoms with Crippen molar-refractivity contribution in [2.24, 2.45) is 28.9 Å². The number of nitrogens with two attached hydrogens (primary N) is 4. The number of hydrogen-bond donors (Lipinski definition) is 12. The van der Waals surface area contributed by atoms with Crippen LogP contribution >= 0.6 is 0 Å². The van der Waals surface area contributed by atoms with Crippen molar-refractivity contribution in [1.29, 1.82) is 0 Å². The summed E-state index contributed by atoms with van der Waals surface area (Å²) in [7, 11) is 0. The molecule has 1 rings (SSSR count). The molecule has 0 spiro atoms. The highest BCUT2D eigenvalue weighted by molar-refractivity contribution is 5.97. The number of aliphatic carboxylic acids is 1. The van der Waals surface area contributed by atoms with Gasteiger partial charge in [-0.3, -0.25) is 38.4 Å². The van der Waals surface area contributed by atoms with E-state index < -0.39 is 102 Å². The maximum atomic E-state index is 13.8. The van der Waals surface area contributed by atoms with Crippen molar-refractivity contribution in [3.05, 3.63) is 18.2 Å². The summed E-state index contributed by atoms with van der Waals surface area (Å²) >= 11 is 0. The van der Waals surface area contributed by atoms with E-state index in [0.29, 0.717) is 25.0 Å². The quantitative estimate of drug-likeness (QED) is 0.0421. The normalized spacial score (nSPS) is 15.7. The maximum Gasteiger partial charge on any atom is 0.305 e. The third kappa shape index (κ3) is 15.8. The minimum atomic E-state index is -1.69. The van der Waals surface area contributed by atoms with Gasteiger partial charge in [-0.15, -0.1) is 0 Å². The fraction of sp³-hybridized carbons (Fsp3) is 0.645. The zero-order valence-corrected chi connectivity index (χ0v) is 29.6. The number of imidazole rings is 1.